The van der Waals surface area contributed by atoms with Gasteiger partial charge < -0.3 is 35.1 Å². The molecule has 0 aliphatic carbocycles. The van der Waals surface area contributed by atoms with E-state index in [0.29, 0.717) is 60.4 Å². The number of hydrogen-bond acceptors (Lipinski definition) is 8. The van der Waals surface area contributed by atoms with Crippen LogP contribution in [0.15, 0.2) is 144 Å². The highest BCUT2D eigenvalue weighted by Crippen LogP contribution is 2.39. The van der Waals surface area contributed by atoms with E-state index >= 15 is 0 Å². The molecule has 10 rings (SSSR count). The second-order valence-electron chi connectivity index (χ2n) is 16.7. The fourth-order valence-corrected chi connectivity index (χ4v) is 9.52. The molecule has 10 nitrogen and oxygen atoms in total. The summed E-state index contributed by atoms with van der Waals surface area (Å²) < 4.78 is 5.59. The number of carbonyl (C=O) groups excluding carboxylic acids is 1. The number of nitrogens with zero attached hydrogens (tertiary/aromatic N) is 3. The number of aromatic nitrogens is 1. The smallest absolute Gasteiger partial charge is 0.262 e. The summed E-state index contributed by atoms with van der Waals surface area (Å²) in [5.74, 6) is 0.212. The van der Waals surface area contributed by atoms with E-state index in [1.165, 1.54) is 0 Å². The Morgan fingerprint density at radius 1 is 0.677 bits per heavy atom. The van der Waals surface area contributed by atoms with Crippen molar-refractivity contribution in [2.45, 2.75) is 37.8 Å². The van der Waals surface area contributed by atoms with Crippen molar-refractivity contribution in [3.05, 3.63) is 178 Å². The van der Waals surface area contributed by atoms with Gasteiger partial charge in [0, 0.05) is 89.8 Å². The zero-order chi connectivity index (χ0) is 42.2. The lowest BCUT2D eigenvalue weighted by Gasteiger charge is -2.39. The maximum atomic E-state index is 14.8. The maximum absolute atomic E-state index is 14.8. The molecule has 10 heteroatoms. The number of pyridine rings is 1. The standard InChI is InChI=1S/C52H49N5O5/c58-42-17-13-39(14-18-42)57-49(27-35-10-5-2-6-11-35)54-47-20-16-41(32-45(47)52(57)61)56-21-7-12-36(33-56)37-28-38(30-43(59)29-37)50-48(26-34-8-3-1-4-9-34)53-46-19-15-40(31-44(46)51(50)60)55-22-24-62-25-23-55/h1-6,8-11,13-20,28-32,36,49,54,58-59H,7,12,21-27,33H2,(H,53,60). The minimum atomic E-state index is -0.331. The first-order valence-electron chi connectivity index (χ1n) is 21.6. The number of fused-ring (bicyclic) bond motifs is 2. The number of nitrogens with one attached hydrogen (secondary N) is 2. The maximum Gasteiger partial charge on any atom is 0.262 e. The van der Waals surface area contributed by atoms with Gasteiger partial charge >= 0.3 is 0 Å². The molecule has 2 atom stereocenters. The molecule has 62 heavy (non-hydrogen) atoms. The summed E-state index contributed by atoms with van der Waals surface area (Å²) in [5, 5.41) is 25.7. The highest BCUT2D eigenvalue weighted by molar-refractivity contribution is 6.12. The predicted octanol–water partition coefficient (Wildman–Crippen LogP) is 9.06. The van der Waals surface area contributed by atoms with E-state index in [-0.39, 0.29) is 34.9 Å². The Balaban J connectivity index is 0.972. The van der Waals surface area contributed by atoms with Crippen molar-refractivity contribution in [3.63, 3.8) is 0 Å². The van der Waals surface area contributed by atoms with Crippen molar-refractivity contribution < 1.29 is 19.7 Å². The molecular formula is C52H49N5O5. The number of phenols is 2. The summed E-state index contributed by atoms with van der Waals surface area (Å²) in [6, 6.07) is 44.8. The first-order chi connectivity index (χ1) is 30.3. The van der Waals surface area contributed by atoms with E-state index in [2.05, 4.69) is 62.6 Å². The van der Waals surface area contributed by atoms with E-state index in [4.69, 9.17) is 4.74 Å². The molecule has 0 saturated carbocycles. The van der Waals surface area contributed by atoms with Crippen LogP contribution in [-0.4, -0.2) is 66.7 Å². The van der Waals surface area contributed by atoms with E-state index in [1.807, 2.05) is 66.7 Å². The van der Waals surface area contributed by atoms with Crippen LogP contribution in [0.4, 0.5) is 22.7 Å². The Labute approximate surface area is 360 Å². The molecule has 7 aromatic rings. The molecule has 3 aliphatic rings. The Kier molecular flexibility index (Phi) is 10.6. The van der Waals surface area contributed by atoms with E-state index < -0.39 is 0 Å². The molecule has 0 radical (unpaired) electrons. The zero-order valence-corrected chi connectivity index (χ0v) is 34.5. The highest BCUT2D eigenvalue weighted by Gasteiger charge is 2.34. The van der Waals surface area contributed by atoms with Crippen LogP contribution in [0.3, 0.4) is 0 Å². The van der Waals surface area contributed by atoms with Crippen LogP contribution in [-0.2, 0) is 17.6 Å². The average Bonchev–Trinajstić information content (AvgIpc) is 3.30. The Hall–Kier alpha value is -7.04. The van der Waals surface area contributed by atoms with Gasteiger partial charge in [-0.3, -0.25) is 14.5 Å². The van der Waals surface area contributed by atoms with E-state index in [1.54, 1.807) is 35.2 Å². The molecule has 312 valence electrons. The molecule has 4 N–H and O–H groups in total. The van der Waals surface area contributed by atoms with Gasteiger partial charge in [0.05, 0.1) is 18.8 Å². The van der Waals surface area contributed by atoms with Gasteiger partial charge in [0.15, 0.2) is 5.43 Å². The quantitative estimate of drug-likeness (QED) is 0.114. The fourth-order valence-electron chi connectivity index (χ4n) is 9.52. The van der Waals surface area contributed by atoms with Crippen LogP contribution in [0.5, 0.6) is 11.5 Å². The fraction of sp³-hybridized carbons (Fsp3) is 0.231. The lowest BCUT2D eigenvalue weighted by atomic mass is 9.87. The third-order valence-electron chi connectivity index (χ3n) is 12.6. The number of aromatic hydroxyl groups is 2. The van der Waals surface area contributed by atoms with Gasteiger partial charge in [-0.15, -0.1) is 0 Å². The van der Waals surface area contributed by atoms with Gasteiger partial charge in [0.2, 0.25) is 0 Å². The van der Waals surface area contributed by atoms with Gasteiger partial charge in [-0.25, -0.2) is 0 Å². The van der Waals surface area contributed by atoms with Crippen molar-refractivity contribution >= 4 is 39.6 Å². The number of piperidine rings is 1. The first-order valence-corrected chi connectivity index (χ1v) is 21.6. The van der Waals surface area contributed by atoms with Crippen LogP contribution in [0.25, 0.3) is 22.0 Å². The number of hydrogen-bond donors (Lipinski definition) is 4. The largest absolute Gasteiger partial charge is 0.508 e. The number of benzene rings is 6. The molecule has 2 fully saturated rings. The second-order valence-corrected chi connectivity index (χ2v) is 16.7. The number of anilines is 4. The molecule has 0 bridgehead atoms. The Morgan fingerprint density at radius 3 is 2.16 bits per heavy atom. The lowest BCUT2D eigenvalue weighted by Crippen LogP contribution is -2.50. The number of aromatic amines is 1. The van der Waals surface area contributed by atoms with Crippen molar-refractivity contribution in [2.24, 2.45) is 0 Å². The molecule has 2 unspecified atom stereocenters. The number of ether oxygens (including phenoxy) is 1. The molecule has 6 aromatic carbocycles. The van der Waals surface area contributed by atoms with Crippen molar-refractivity contribution in [3.8, 4) is 22.6 Å². The van der Waals surface area contributed by atoms with Crippen molar-refractivity contribution in [1.82, 2.24) is 4.98 Å². The van der Waals surface area contributed by atoms with Crippen LogP contribution in [0.1, 0.15) is 51.5 Å². The van der Waals surface area contributed by atoms with Gasteiger partial charge in [-0.2, -0.15) is 0 Å². The molecule has 1 amide bonds. The molecule has 3 aliphatic heterocycles. The average molecular weight is 824 g/mol. The minimum absolute atomic E-state index is 0.0632. The lowest BCUT2D eigenvalue weighted by molar-refractivity contribution is 0.0975. The van der Waals surface area contributed by atoms with Crippen molar-refractivity contribution in [1.29, 1.82) is 0 Å². The zero-order valence-electron chi connectivity index (χ0n) is 34.5. The van der Waals surface area contributed by atoms with Gasteiger partial charge in [0.1, 0.15) is 17.7 Å². The molecule has 0 spiro atoms. The van der Waals surface area contributed by atoms with E-state index in [0.717, 1.165) is 77.4 Å². The SMILES string of the molecule is O=C1c2cc(N3CCCC(c4cc(O)cc(-c5c(Cc6ccccc6)[nH]c6ccc(N7CCOCC7)cc6c5=O)c4)C3)ccc2NC(Cc2ccccc2)N1c1ccc(O)cc1. The molecule has 4 heterocycles. The third kappa shape index (κ3) is 7.85. The number of H-pyrrole nitrogens is 1. The van der Waals surface area contributed by atoms with Crippen LogP contribution < -0.4 is 25.4 Å². The molecule has 2 saturated heterocycles. The highest BCUT2D eigenvalue weighted by atomic mass is 16.5. The summed E-state index contributed by atoms with van der Waals surface area (Å²) in [6.07, 6.45) is 2.62. The number of phenolic OH excluding ortho intramolecular Hbond substituents is 2. The monoisotopic (exact) mass is 823 g/mol. The minimum Gasteiger partial charge on any atom is -0.508 e. The second kappa shape index (κ2) is 16.8. The summed E-state index contributed by atoms with van der Waals surface area (Å²) in [4.78, 5) is 39.3. The van der Waals surface area contributed by atoms with Gasteiger partial charge in [-0.05, 0) is 108 Å². The van der Waals surface area contributed by atoms with E-state index in [9.17, 15) is 19.8 Å². The molecular weight excluding hydrogens is 775 g/mol. The Bertz CT molecular complexity index is 2800. The summed E-state index contributed by atoms with van der Waals surface area (Å²) in [6.45, 7) is 4.33. The first kappa shape index (κ1) is 39.1. The van der Waals surface area contributed by atoms with Crippen LogP contribution in [0, 0.1) is 0 Å². The summed E-state index contributed by atoms with van der Waals surface area (Å²) in [7, 11) is 0. The van der Waals surface area contributed by atoms with Gasteiger partial charge in [-0.1, -0.05) is 66.7 Å². The number of carbonyl (C=O) groups is 1. The number of rotatable bonds is 9. The van der Waals surface area contributed by atoms with Gasteiger partial charge in [0.25, 0.3) is 5.91 Å². The Morgan fingerprint density at radius 2 is 1.39 bits per heavy atom. The van der Waals surface area contributed by atoms with Crippen LogP contribution >= 0.6 is 0 Å². The summed E-state index contributed by atoms with van der Waals surface area (Å²) >= 11 is 0. The van der Waals surface area contributed by atoms with Crippen LogP contribution in [0.2, 0.25) is 0 Å². The topological polar surface area (TPSA) is 121 Å². The number of morpholine rings is 1. The normalized spacial score (nSPS) is 17.8. The third-order valence-corrected chi connectivity index (χ3v) is 12.6. The van der Waals surface area contributed by atoms with Crippen molar-refractivity contribution in [2.75, 3.05) is 59.4 Å². The number of amides is 1. The predicted molar refractivity (Wildman–Crippen MR) is 247 cm³/mol. The molecule has 1 aromatic heterocycles. The summed E-state index contributed by atoms with van der Waals surface area (Å²) in [5.41, 5.74) is 9.92.